The summed E-state index contributed by atoms with van der Waals surface area (Å²) in [6.07, 6.45) is 1.03. The minimum absolute atomic E-state index is 0.211. The third-order valence-electron chi connectivity index (χ3n) is 3.98. The van der Waals surface area contributed by atoms with Gasteiger partial charge in [-0.2, -0.15) is 0 Å². The maximum Gasteiger partial charge on any atom is 0.356 e. The molecule has 2 aromatic carbocycles. The van der Waals surface area contributed by atoms with Crippen LogP contribution in [0.4, 0.5) is 17.3 Å². The van der Waals surface area contributed by atoms with Crippen molar-refractivity contribution < 1.29 is 19.2 Å². The van der Waals surface area contributed by atoms with Gasteiger partial charge in [0.25, 0.3) is 11.8 Å². The highest BCUT2D eigenvalue weighted by Gasteiger charge is 2.24. The van der Waals surface area contributed by atoms with Crippen LogP contribution in [0.25, 0.3) is 0 Å². The van der Waals surface area contributed by atoms with Gasteiger partial charge in [0.15, 0.2) is 0 Å². The smallest absolute Gasteiger partial charge is 0.356 e. The molecule has 31 heavy (non-hydrogen) atoms. The minimum Gasteiger partial charge on any atom is -0.496 e. The van der Waals surface area contributed by atoms with Crippen LogP contribution in [0.2, 0.25) is 0 Å². The van der Waals surface area contributed by atoms with E-state index < -0.39 is 22.4 Å². The van der Waals surface area contributed by atoms with Crippen molar-refractivity contribution in [2.45, 2.75) is 0 Å². The molecule has 0 saturated heterocycles. The Morgan fingerprint density at radius 3 is 2.10 bits per heavy atom. The van der Waals surface area contributed by atoms with Crippen molar-refractivity contribution in [2.24, 2.45) is 0 Å². The maximum atomic E-state index is 12.4. The van der Waals surface area contributed by atoms with Crippen LogP contribution < -0.4 is 26.4 Å². The summed E-state index contributed by atoms with van der Waals surface area (Å²) in [6.45, 7) is 0. The average Bonchev–Trinajstić information content (AvgIpc) is 2.81. The van der Waals surface area contributed by atoms with Crippen molar-refractivity contribution in [1.29, 1.82) is 0 Å². The second-order valence-electron chi connectivity index (χ2n) is 5.90. The summed E-state index contributed by atoms with van der Waals surface area (Å²) in [4.78, 5) is 42.9. The number of anilines is 2. The van der Waals surface area contributed by atoms with Crippen LogP contribution in [0.15, 0.2) is 60.9 Å². The molecule has 1 aromatic heterocycles. The number of para-hydroxylation sites is 1. The number of benzene rings is 2. The van der Waals surface area contributed by atoms with Gasteiger partial charge in [-0.15, -0.1) is 0 Å². The third kappa shape index (κ3) is 5.00. The number of amides is 2. The van der Waals surface area contributed by atoms with E-state index in [1.807, 2.05) is 0 Å². The van der Waals surface area contributed by atoms with Crippen molar-refractivity contribution >= 4 is 29.1 Å². The van der Waals surface area contributed by atoms with Crippen LogP contribution in [0, 0.1) is 10.1 Å². The highest BCUT2D eigenvalue weighted by atomic mass is 16.6. The number of aromatic nitrogens is 2. The first-order valence-corrected chi connectivity index (χ1v) is 8.81. The van der Waals surface area contributed by atoms with E-state index in [4.69, 9.17) is 4.74 Å². The van der Waals surface area contributed by atoms with Crippen LogP contribution in [-0.2, 0) is 0 Å². The van der Waals surface area contributed by atoms with Crippen LogP contribution in [0.3, 0.4) is 0 Å². The first-order chi connectivity index (χ1) is 15.0. The molecular weight excluding hydrogens is 406 g/mol. The van der Waals surface area contributed by atoms with Gasteiger partial charge in [-0.1, -0.05) is 30.3 Å². The van der Waals surface area contributed by atoms with E-state index >= 15 is 0 Å². The molecule has 3 rings (SSSR count). The molecule has 3 aromatic rings. The Hall–Kier alpha value is -4.74. The van der Waals surface area contributed by atoms with Crippen molar-refractivity contribution in [3.63, 3.8) is 0 Å². The summed E-state index contributed by atoms with van der Waals surface area (Å²) < 4.78 is 5.12. The molecule has 0 unspecified atom stereocenters. The molecule has 0 bridgehead atoms. The molecule has 0 fully saturated rings. The van der Waals surface area contributed by atoms with Gasteiger partial charge < -0.3 is 4.74 Å². The first-order valence-electron chi connectivity index (χ1n) is 8.81. The lowest BCUT2D eigenvalue weighted by Gasteiger charge is -2.12. The summed E-state index contributed by atoms with van der Waals surface area (Å²) in [6, 6.07) is 14.7. The van der Waals surface area contributed by atoms with Crippen LogP contribution in [0.1, 0.15) is 20.7 Å². The molecule has 0 saturated carbocycles. The highest BCUT2D eigenvalue weighted by molar-refractivity contribution is 5.98. The van der Waals surface area contributed by atoms with E-state index in [2.05, 4.69) is 31.7 Å². The molecular formula is C19H17N7O5. The minimum atomic E-state index is -0.755. The zero-order valence-electron chi connectivity index (χ0n) is 16.2. The second-order valence-corrected chi connectivity index (χ2v) is 5.90. The molecule has 0 aliphatic heterocycles. The molecule has 0 radical (unpaired) electrons. The summed E-state index contributed by atoms with van der Waals surface area (Å²) in [5.41, 5.74) is 9.43. The monoisotopic (exact) mass is 423 g/mol. The predicted molar refractivity (Wildman–Crippen MR) is 110 cm³/mol. The first kappa shape index (κ1) is 21.0. The quantitative estimate of drug-likeness (QED) is 0.313. The molecule has 4 N–H and O–H groups in total. The van der Waals surface area contributed by atoms with E-state index in [1.54, 1.807) is 48.5 Å². The molecule has 158 valence electrons. The van der Waals surface area contributed by atoms with E-state index in [9.17, 15) is 19.7 Å². The molecule has 12 heteroatoms. The number of hydrogen-bond acceptors (Lipinski definition) is 9. The number of carbonyl (C=O) groups is 2. The van der Waals surface area contributed by atoms with Crippen molar-refractivity contribution in [3.05, 3.63) is 82.2 Å². The van der Waals surface area contributed by atoms with Crippen molar-refractivity contribution in [1.82, 2.24) is 20.8 Å². The highest BCUT2D eigenvalue weighted by Crippen LogP contribution is 2.28. The molecule has 0 aliphatic carbocycles. The van der Waals surface area contributed by atoms with Crippen LogP contribution in [0.5, 0.6) is 5.75 Å². The average molecular weight is 423 g/mol. The standard InChI is InChI=1S/C19H17N7O5/c1-31-14-10-6-5-9-13(14)19(28)25-23-17-15(26(29)30)16(20-11-21-17)22-24-18(27)12-7-3-2-4-8-12/h2-11H,1H3,(H,24,27)(H,25,28)(H2,20,21,22,23). The number of rotatable bonds is 8. The number of nitrogens with one attached hydrogen (secondary N) is 4. The molecule has 1 heterocycles. The van der Waals surface area contributed by atoms with Gasteiger partial charge >= 0.3 is 5.69 Å². The summed E-state index contributed by atoms with van der Waals surface area (Å²) in [5, 5.41) is 11.6. The summed E-state index contributed by atoms with van der Waals surface area (Å²) in [7, 11) is 1.41. The fourth-order valence-corrected chi connectivity index (χ4v) is 2.53. The lowest BCUT2D eigenvalue weighted by molar-refractivity contribution is -0.383. The van der Waals surface area contributed by atoms with Crippen molar-refractivity contribution in [2.75, 3.05) is 18.0 Å². The Morgan fingerprint density at radius 1 is 0.903 bits per heavy atom. The van der Waals surface area contributed by atoms with E-state index in [1.165, 1.54) is 13.2 Å². The maximum absolute atomic E-state index is 12.4. The van der Waals surface area contributed by atoms with Gasteiger partial charge in [-0.3, -0.25) is 41.4 Å². The Bertz CT molecular complexity index is 1110. The van der Waals surface area contributed by atoms with E-state index in [0.29, 0.717) is 11.3 Å². The Labute approximate surface area is 175 Å². The number of nitro groups is 1. The number of carbonyl (C=O) groups excluding carboxylic acids is 2. The van der Waals surface area contributed by atoms with E-state index in [0.717, 1.165) is 6.33 Å². The molecule has 0 atom stereocenters. The zero-order valence-corrected chi connectivity index (χ0v) is 16.2. The molecule has 12 nitrogen and oxygen atoms in total. The molecule has 2 amide bonds. The molecule has 0 spiro atoms. The fourth-order valence-electron chi connectivity index (χ4n) is 2.53. The van der Waals surface area contributed by atoms with Gasteiger partial charge in [-0.25, -0.2) is 9.97 Å². The Morgan fingerprint density at radius 2 is 1.48 bits per heavy atom. The number of hydrazine groups is 2. The lowest BCUT2D eigenvalue weighted by atomic mass is 10.2. The van der Waals surface area contributed by atoms with Crippen LogP contribution in [-0.4, -0.2) is 33.8 Å². The number of methoxy groups -OCH3 is 1. The lowest BCUT2D eigenvalue weighted by Crippen LogP contribution is -2.32. The summed E-state index contributed by atoms with van der Waals surface area (Å²) >= 11 is 0. The normalized spacial score (nSPS) is 9.97. The van der Waals surface area contributed by atoms with Gasteiger partial charge in [0, 0.05) is 5.56 Å². The van der Waals surface area contributed by atoms with Gasteiger partial charge in [-0.05, 0) is 24.3 Å². The topological polar surface area (TPSA) is 160 Å². The SMILES string of the molecule is COc1ccccc1C(=O)NNc1ncnc(NNC(=O)c2ccccc2)c1[N+](=O)[O-]. The third-order valence-corrected chi connectivity index (χ3v) is 3.98. The number of ether oxygens (including phenoxy) is 1. The fraction of sp³-hybridized carbons (Fsp3) is 0.0526. The molecule has 0 aliphatic rings. The predicted octanol–water partition coefficient (Wildman–Crippen LogP) is 1.91. The number of nitrogens with zero attached hydrogens (tertiary/aromatic N) is 3. The van der Waals surface area contributed by atoms with E-state index in [-0.39, 0.29) is 17.2 Å². The van der Waals surface area contributed by atoms with Gasteiger partial charge in [0.05, 0.1) is 17.6 Å². The zero-order chi connectivity index (χ0) is 22.2. The largest absolute Gasteiger partial charge is 0.496 e. The second kappa shape index (κ2) is 9.65. The van der Waals surface area contributed by atoms with Crippen molar-refractivity contribution in [3.8, 4) is 5.75 Å². The Kier molecular flexibility index (Phi) is 6.53. The number of hydrogen-bond donors (Lipinski definition) is 4. The Balaban J connectivity index is 1.75. The van der Waals surface area contributed by atoms with Gasteiger partial charge in [0.2, 0.25) is 11.6 Å². The summed E-state index contributed by atoms with van der Waals surface area (Å²) in [5.74, 6) is -1.37. The van der Waals surface area contributed by atoms with Gasteiger partial charge in [0.1, 0.15) is 12.1 Å². The van der Waals surface area contributed by atoms with Crippen LogP contribution >= 0.6 is 0 Å².